The highest BCUT2D eigenvalue weighted by atomic mass is 32.2. The van der Waals surface area contributed by atoms with Gasteiger partial charge in [-0.3, -0.25) is 0 Å². The molecule has 0 aliphatic heterocycles. The fourth-order valence-corrected chi connectivity index (χ4v) is 5.25. The van der Waals surface area contributed by atoms with Crippen LogP contribution in [0.5, 0.6) is 5.88 Å². The van der Waals surface area contributed by atoms with Crippen LogP contribution in [0.1, 0.15) is 49.0 Å². The van der Waals surface area contributed by atoms with Crippen molar-refractivity contribution in [2.24, 2.45) is 10.2 Å². The second-order valence-electron chi connectivity index (χ2n) is 9.22. The molecule has 2 amide bonds. The number of urea groups is 1. The highest BCUT2D eigenvalue weighted by Crippen LogP contribution is 2.41. The molecule has 0 aliphatic rings. The molecule has 0 atom stereocenters. The number of amides is 2. The zero-order valence-corrected chi connectivity index (χ0v) is 23.6. The molecule has 0 radical (unpaired) electrons. The van der Waals surface area contributed by atoms with Crippen LogP contribution < -0.4 is 5.32 Å². The molecule has 0 saturated carbocycles. The number of unbranched alkanes of at least 4 members (excludes halogenated alkanes) is 2. The van der Waals surface area contributed by atoms with Crippen LogP contribution in [0.3, 0.4) is 0 Å². The summed E-state index contributed by atoms with van der Waals surface area (Å²) in [5.41, 5.74) is 3.43. The number of aromatic nitrogens is 1. The lowest BCUT2D eigenvalue weighted by Gasteiger charge is -2.07. The number of fused-ring (bicyclic) bond motifs is 1. The lowest BCUT2D eigenvalue weighted by molar-refractivity contribution is 0.0526. The van der Waals surface area contributed by atoms with Crippen molar-refractivity contribution in [3.8, 4) is 5.88 Å². The number of hydrogen-bond acceptors (Lipinski definition) is 6. The molecule has 4 rings (SSSR count). The second kappa shape index (κ2) is 14.3. The van der Waals surface area contributed by atoms with Crippen LogP contribution in [0, 0.1) is 0 Å². The largest absolute Gasteiger partial charge is 0.493 e. The molecule has 0 bridgehead atoms. The van der Waals surface area contributed by atoms with Gasteiger partial charge in [-0.15, -0.1) is 16.9 Å². The Morgan fingerprint density at radius 2 is 1.77 bits per heavy atom. The van der Waals surface area contributed by atoms with Crippen LogP contribution in [-0.2, 0) is 17.7 Å². The number of anilines is 1. The number of rotatable bonds is 12. The van der Waals surface area contributed by atoms with Gasteiger partial charge in [0.15, 0.2) is 5.69 Å². The monoisotopic (exact) mass is 558 g/mol. The predicted octanol–water partition coefficient (Wildman–Crippen LogP) is 8.36. The average Bonchev–Trinajstić information content (AvgIpc) is 3.22. The Bertz CT molecular complexity index is 1470. The minimum atomic E-state index is -0.614. The number of carbonyl (C=O) groups excluding carboxylic acids is 2. The van der Waals surface area contributed by atoms with Gasteiger partial charge in [-0.05, 0) is 67.8 Å². The molecule has 0 fully saturated rings. The van der Waals surface area contributed by atoms with Gasteiger partial charge in [-0.25, -0.2) is 9.59 Å². The molecule has 9 heteroatoms. The molecule has 208 valence electrons. The molecule has 8 nitrogen and oxygen atoms in total. The topological polar surface area (TPSA) is 105 Å². The SMILES string of the molecule is CCCCCn1c(O)c(N=NC(=O)Nc2ccccc2)c2cc(SCCc3ccc(C(=O)OCC)cc3)ccc21. The lowest BCUT2D eigenvalue weighted by Crippen LogP contribution is -2.04. The van der Waals surface area contributed by atoms with Crippen molar-refractivity contribution in [1.29, 1.82) is 0 Å². The molecule has 40 heavy (non-hydrogen) atoms. The van der Waals surface area contributed by atoms with E-state index in [1.54, 1.807) is 43.0 Å². The maximum Gasteiger partial charge on any atom is 0.364 e. The first-order chi connectivity index (χ1) is 19.5. The number of carbonyl (C=O) groups is 2. The minimum absolute atomic E-state index is 0.00574. The highest BCUT2D eigenvalue weighted by molar-refractivity contribution is 7.99. The Balaban J connectivity index is 1.50. The van der Waals surface area contributed by atoms with E-state index in [-0.39, 0.29) is 17.5 Å². The van der Waals surface area contributed by atoms with E-state index in [4.69, 9.17) is 4.74 Å². The van der Waals surface area contributed by atoms with Gasteiger partial charge in [0.05, 0.1) is 17.7 Å². The molecule has 0 saturated heterocycles. The summed E-state index contributed by atoms with van der Waals surface area (Å²) in [5, 5.41) is 22.5. The normalized spacial score (nSPS) is 11.2. The van der Waals surface area contributed by atoms with E-state index in [9.17, 15) is 14.7 Å². The maximum atomic E-state index is 12.4. The number of azo groups is 1. The fourth-order valence-electron chi connectivity index (χ4n) is 4.31. The Labute approximate surface area is 238 Å². The van der Waals surface area contributed by atoms with Gasteiger partial charge in [0.2, 0.25) is 5.88 Å². The van der Waals surface area contributed by atoms with Crippen molar-refractivity contribution in [3.63, 3.8) is 0 Å². The maximum absolute atomic E-state index is 12.4. The first kappa shape index (κ1) is 28.9. The van der Waals surface area contributed by atoms with Crippen molar-refractivity contribution >= 4 is 46.0 Å². The molecular formula is C31H34N4O4S. The number of para-hydroxylation sites is 1. The lowest BCUT2D eigenvalue weighted by atomic mass is 10.1. The Kier molecular flexibility index (Phi) is 10.3. The summed E-state index contributed by atoms with van der Waals surface area (Å²) in [4.78, 5) is 25.3. The number of ether oxygens (including phenoxy) is 1. The van der Waals surface area contributed by atoms with Crippen LogP contribution in [0.25, 0.3) is 10.9 Å². The number of aryl methyl sites for hydroxylation is 2. The Morgan fingerprint density at radius 3 is 2.50 bits per heavy atom. The third-order valence-corrected chi connectivity index (χ3v) is 7.35. The summed E-state index contributed by atoms with van der Waals surface area (Å²) in [6.45, 7) is 4.93. The van der Waals surface area contributed by atoms with E-state index < -0.39 is 6.03 Å². The Morgan fingerprint density at radius 1 is 1.00 bits per heavy atom. The molecule has 3 aromatic carbocycles. The second-order valence-corrected chi connectivity index (χ2v) is 10.4. The summed E-state index contributed by atoms with van der Waals surface area (Å²) < 4.78 is 6.89. The van der Waals surface area contributed by atoms with Gasteiger partial charge in [0.1, 0.15) is 0 Å². The molecule has 4 aromatic rings. The van der Waals surface area contributed by atoms with Crippen molar-refractivity contribution in [2.75, 3.05) is 17.7 Å². The first-order valence-electron chi connectivity index (χ1n) is 13.5. The molecule has 0 unspecified atom stereocenters. The number of esters is 1. The van der Waals surface area contributed by atoms with Crippen molar-refractivity contribution in [3.05, 3.63) is 83.9 Å². The first-order valence-corrected chi connectivity index (χ1v) is 14.5. The van der Waals surface area contributed by atoms with Crippen LogP contribution in [0.2, 0.25) is 0 Å². The highest BCUT2D eigenvalue weighted by Gasteiger charge is 2.18. The van der Waals surface area contributed by atoms with Crippen LogP contribution in [-0.4, -0.2) is 34.0 Å². The van der Waals surface area contributed by atoms with Gasteiger partial charge in [0.25, 0.3) is 0 Å². The third-order valence-electron chi connectivity index (χ3n) is 6.36. The molecular weight excluding hydrogens is 524 g/mol. The quantitative estimate of drug-likeness (QED) is 0.0786. The summed E-state index contributed by atoms with van der Waals surface area (Å²) in [6, 6.07) is 21.9. The summed E-state index contributed by atoms with van der Waals surface area (Å²) in [7, 11) is 0. The molecule has 0 spiro atoms. The average molecular weight is 559 g/mol. The smallest absolute Gasteiger partial charge is 0.364 e. The van der Waals surface area contributed by atoms with Crippen LogP contribution in [0.15, 0.2) is 87.9 Å². The van der Waals surface area contributed by atoms with Gasteiger partial charge in [-0.2, -0.15) is 0 Å². The summed E-state index contributed by atoms with van der Waals surface area (Å²) >= 11 is 1.69. The van der Waals surface area contributed by atoms with Gasteiger partial charge in [0, 0.05) is 28.3 Å². The molecule has 2 N–H and O–H groups in total. The zero-order valence-electron chi connectivity index (χ0n) is 22.8. The van der Waals surface area contributed by atoms with E-state index in [1.165, 1.54) is 0 Å². The van der Waals surface area contributed by atoms with Crippen LogP contribution >= 0.6 is 11.8 Å². The van der Waals surface area contributed by atoms with E-state index >= 15 is 0 Å². The molecule has 1 aromatic heterocycles. The van der Waals surface area contributed by atoms with E-state index in [0.717, 1.165) is 52.8 Å². The van der Waals surface area contributed by atoms with Gasteiger partial charge < -0.3 is 19.7 Å². The summed E-state index contributed by atoms with van der Waals surface area (Å²) in [6.07, 6.45) is 3.86. The van der Waals surface area contributed by atoms with E-state index in [0.29, 0.717) is 24.4 Å². The Hall–Kier alpha value is -4.11. The van der Waals surface area contributed by atoms with Crippen molar-refractivity contribution < 1.29 is 19.4 Å². The van der Waals surface area contributed by atoms with E-state index in [2.05, 4.69) is 22.5 Å². The van der Waals surface area contributed by atoms with Gasteiger partial charge in [-0.1, -0.05) is 55.2 Å². The number of nitrogens with zero attached hydrogens (tertiary/aromatic N) is 3. The zero-order chi connectivity index (χ0) is 28.3. The van der Waals surface area contributed by atoms with Crippen molar-refractivity contribution in [1.82, 2.24) is 4.57 Å². The number of nitrogens with one attached hydrogen (secondary N) is 1. The number of hydrogen-bond donors (Lipinski definition) is 2. The van der Waals surface area contributed by atoms with Crippen LogP contribution in [0.4, 0.5) is 16.2 Å². The predicted molar refractivity (Wildman–Crippen MR) is 160 cm³/mol. The standard InChI is InChI=1S/C31H34N4O4S/c1-3-5-9-19-35-27-17-16-25(40-20-18-22-12-14-23(15-13-22)30(37)39-4-2)21-26(27)28(29(35)36)33-34-31(38)32-24-10-7-6-8-11-24/h6-8,10-17,21,36H,3-5,9,18-20H2,1-2H3,(H,32,38). The molecule has 1 heterocycles. The van der Waals surface area contributed by atoms with E-state index in [1.807, 2.05) is 53.1 Å². The number of aromatic hydroxyl groups is 1. The number of thioether (sulfide) groups is 1. The third kappa shape index (κ3) is 7.51. The molecule has 0 aliphatic carbocycles. The minimum Gasteiger partial charge on any atom is -0.493 e. The summed E-state index contributed by atoms with van der Waals surface area (Å²) in [5.74, 6) is 0.516. The van der Waals surface area contributed by atoms with Crippen molar-refractivity contribution in [2.45, 2.75) is 51.0 Å². The number of benzene rings is 3. The fraction of sp³-hybridized carbons (Fsp3) is 0.290. The van der Waals surface area contributed by atoms with Gasteiger partial charge >= 0.3 is 12.0 Å².